The molecule has 0 spiro atoms. The van der Waals surface area contributed by atoms with Crippen LogP contribution in [-0.4, -0.2) is 51.8 Å². The summed E-state index contributed by atoms with van der Waals surface area (Å²) in [6.45, 7) is 4.20. The van der Waals surface area contributed by atoms with Gasteiger partial charge in [-0.15, -0.1) is 0 Å². The van der Waals surface area contributed by atoms with Gasteiger partial charge in [-0.05, 0) is 98.0 Å². The molecule has 1 aromatic carbocycles. The minimum Gasteiger partial charge on any atom is -0.326 e. The summed E-state index contributed by atoms with van der Waals surface area (Å²) in [5.41, 5.74) is 2.67. The normalized spacial score (nSPS) is 18.6. The quantitative estimate of drug-likeness (QED) is 0.245. The molecule has 2 N–H and O–H groups in total. The van der Waals surface area contributed by atoms with E-state index in [1.807, 2.05) is 26.1 Å². The van der Waals surface area contributed by atoms with Gasteiger partial charge in [-0.2, -0.15) is 0 Å². The topological polar surface area (TPSA) is 96.3 Å². The summed E-state index contributed by atoms with van der Waals surface area (Å²) in [5.74, 6) is -2.83. The summed E-state index contributed by atoms with van der Waals surface area (Å²) in [4.78, 5) is 46.1. The van der Waals surface area contributed by atoms with Crippen molar-refractivity contribution in [3.05, 3.63) is 80.4 Å². The number of carbonyl (C=O) groups excluding carboxylic acids is 2. The van der Waals surface area contributed by atoms with Crippen LogP contribution in [0.3, 0.4) is 0 Å². The van der Waals surface area contributed by atoms with Crippen molar-refractivity contribution in [3.8, 4) is 11.1 Å². The summed E-state index contributed by atoms with van der Waals surface area (Å²) in [6, 6.07) is 10.1. The van der Waals surface area contributed by atoms with Gasteiger partial charge < -0.3 is 20.1 Å². The van der Waals surface area contributed by atoms with Gasteiger partial charge in [0, 0.05) is 41.0 Å². The third-order valence-corrected chi connectivity index (χ3v) is 9.24. The fourth-order valence-electron chi connectivity index (χ4n) is 5.98. The van der Waals surface area contributed by atoms with Crippen molar-refractivity contribution in [1.82, 2.24) is 19.8 Å². The molecule has 3 aromatic rings. The molecule has 3 saturated carbocycles. The van der Waals surface area contributed by atoms with Crippen molar-refractivity contribution < 1.29 is 18.4 Å². The summed E-state index contributed by atoms with van der Waals surface area (Å²) in [7, 11) is 0. The number of nitrogens with zero attached hydrogens (tertiary/aromatic N) is 3. The Morgan fingerprint density at radius 1 is 1.00 bits per heavy atom. The van der Waals surface area contributed by atoms with Gasteiger partial charge in [0.25, 0.3) is 23.3 Å². The third kappa shape index (κ3) is 7.18. The second-order valence-corrected chi connectivity index (χ2v) is 13.2. The second kappa shape index (κ2) is 13.2. The number of hydrogen-bond donors (Lipinski definition) is 2. The van der Waals surface area contributed by atoms with Crippen LogP contribution in [0.1, 0.15) is 103 Å². The molecular formula is C35H40ClF2N5O3. The molecule has 4 aliphatic rings. The lowest BCUT2D eigenvalue weighted by atomic mass is 9.85. The third-order valence-electron chi connectivity index (χ3n) is 9.01. The smallest absolute Gasteiger partial charge is 0.282 e. The molecule has 1 saturated heterocycles. The number of rotatable bonds is 10. The van der Waals surface area contributed by atoms with E-state index in [0.717, 1.165) is 48.4 Å². The molecule has 8 nitrogen and oxygen atoms in total. The lowest BCUT2D eigenvalue weighted by Gasteiger charge is -2.39. The van der Waals surface area contributed by atoms with Crippen LogP contribution in [0.25, 0.3) is 11.1 Å². The van der Waals surface area contributed by atoms with Crippen LogP contribution in [0, 0.1) is 5.92 Å². The summed E-state index contributed by atoms with van der Waals surface area (Å²) in [5, 5.41) is 6.63. The molecule has 2 amide bonds. The minimum atomic E-state index is -2.90. The Hall–Kier alpha value is -3.63. The maximum atomic E-state index is 13.6. The van der Waals surface area contributed by atoms with Gasteiger partial charge in [-0.3, -0.25) is 14.4 Å². The molecule has 0 bridgehead atoms. The fourth-order valence-corrected chi connectivity index (χ4v) is 6.15. The van der Waals surface area contributed by atoms with E-state index in [0.29, 0.717) is 28.6 Å². The monoisotopic (exact) mass is 651 g/mol. The Balaban J connectivity index is 0.00000182. The van der Waals surface area contributed by atoms with Gasteiger partial charge in [-0.1, -0.05) is 37.9 Å². The van der Waals surface area contributed by atoms with Crippen LogP contribution in [-0.2, 0) is 6.54 Å². The van der Waals surface area contributed by atoms with E-state index in [1.165, 1.54) is 25.3 Å². The van der Waals surface area contributed by atoms with Crippen LogP contribution in [0.15, 0.2) is 47.4 Å². The maximum absolute atomic E-state index is 13.6. The van der Waals surface area contributed by atoms with Gasteiger partial charge in [0.1, 0.15) is 11.4 Å². The van der Waals surface area contributed by atoms with Gasteiger partial charge in [-0.25, -0.2) is 13.8 Å². The number of alkyl halides is 2. The van der Waals surface area contributed by atoms with E-state index >= 15 is 0 Å². The molecule has 46 heavy (non-hydrogen) atoms. The number of anilines is 1. The Labute approximate surface area is 272 Å². The highest BCUT2D eigenvalue weighted by Crippen LogP contribution is 2.42. The molecule has 3 aliphatic carbocycles. The number of pyridine rings is 2. The number of amides is 2. The molecule has 2 aromatic heterocycles. The predicted octanol–water partition coefficient (Wildman–Crippen LogP) is 7.04. The zero-order valence-electron chi connectivity index (χ0n) is 26.3. The standard InChI is InChI=1S/C33H34ClF2N5O3.C2H6/c34-23-6-9-25(26(13-23)31(43)40-17-33(35,36)18-40)22-11-28(21-4-5-21)38-29(12-22)39-30(42)27-10-20(15-37-14-19-2-1-3-19)16-41(32(27)44)24-7-8-24;1-2/h6,9-13,16,19,21,24,37H,1-5,7-8,14-15,17-18H2,(H,38,39,42);1-2H3. The molecule has 0 unspecified atom stereocenters. The molecule has 7 rings (SSSR count). The maximum Gasteiger partial charge on any atom is 0.282 e. The van der Waals surface area contributed by atoms with Gasteiger partial charge in [0.05, 0.1) is 13.1 Å². The molecule has 11 heteroatoms. The first-order chi connectivity index (χ1) is 22.1. The Morgan fingerprint density at radius 3 is 2.37 bits per heavy atom. The first-order valence-electron chi connectivity index (χ1n) is 16.4. The Bertz CT molecular complexity index is 1690. The van der Waals surface area contributed by atoms with Gasteiger partial charge in [0.15, 0.2) is 0 Å². The highest BCUT2D eigenvalue weighted by molar-refractivity contribution is 6.31. The molecule has 4 fully saturated rings. The molecule has 1 aliphatic heterocycles. The lowest BCUT2D eigenvalue weighted by molar-refractivity contribution is -0.113. The average Bonchev–Trinajstić information content (AvgIpc) is 3.92. The number of hydrogen-bond acceptors (Lipinski definition) is 5. The van der Waals surface area contributed by atoms with Crippen LogP contribution < -0.4 is 16.2 Å². The van der Waals surface area contributed by atoms with Crippen LogP contribution in [0.5, 0.6) is 0 Å². The van der Waals surface area contributed by atoms with Crippen molar-refractivity contribution in [2.24, 2.45) is 5.92 Å². The lowest BCUT2D eigenvalue weighted by Crippen LogP contribution is -2.58. The molecule has 3 heterocycles. The number of carbonyl (C=O) groups is 2. The molecule has 0 atom stereocenters. The largest absolute Gasteiger partial charge is 0.326 e. The number of aromatic nitrogens is 2. The van der Waals surface area contributed by atoms with Crippen molar-refractivity contribution in [2.75, 3.05) is 25.0 Å². The van der Waals surface area contributed by atoms with Crippen molar-refractivity contribution >= 4 is 29.2 Å². The van der Waals surface area contributed by atoms with Gasteiger partial charge >= 0.3 is 0 Å². The zero-order valence-corrected chi connectivity index (χ0v) is 27.0. The van der Waals surface area contributed by atoms with Crippen molar-refractivity contribution in [2.45, 2.75) is 83.2 Å². The van der Waals surface area contributed by atoms with E-state index < -0.39 is 30.8 Å². The van der Waals surface area contributed by atoms with Crippen molar-refractivity contribution in [1.29, 1.82) is 0 Å². The highest BCUT2D eigenvalue weighted by atomic mass is 35.5. The first kappa shape index (κ1) is 32.3. The average molecular weight is 652 g/mol. The summed E-state index contributed by atoms with van der Waals surface area (Å²) >= 11 is 6.23. The Morgan fingerprint density at radius 2 is 1.74 bits per heavy atom. The van der Waals surface area contributed by atoms with Crippen LogP contribution in [0.4, 0.5) is 14.6 Å². The SMILES string of the molecule is CC.O=C(Nc1cc(-c2ccc(Cl)cc2C(=O)N2CC(F)(F)C2)cc(C2CC2)n1)c1cc(CNCC2CCC2)cn(C2CC2)c1=O. The minimum absolute atomic E-state index is 0.0566. The van der Waals surface area contributed by atoms with Crippen molar-refractivity contribution in [3.63, 3.8) is 0 Å². The summed E-state index contributed by atoms with van der Waals surface area (Å²) < 4.78 is 28.8. The van der Waals surface area contributed by atoms with E-state index in [4.69, 9.17) is 16.6 Å². The zero-order chi connectivity index (χ0) is 32.6. The predicted molar refractivity (Wildman–Crippen MR) is 175 cm³/mol. The molecule has 244 valence electrons. The van der Waals surface area contributed by atoms with Crippen LogP contribution in [0.2, 0.25) is 5.02 Å². The molecule has 0 radical (unpaired) electrons. The number of benzene rings is 1. The second-order valence-electron chi connectivity index (χ2n) is 12.7. The summed E-state index contributed by atoms with van der Waals surface area (Å²) in [6.07, 6.45) is 9.31. The fraction of sp³-hybridized carbons (Fsp3) is 0.486. The van der Waals surface area contributed by atoms with Gasteiger partial charge in [0.2, 0.25) is 0 Å². The van der Waals surface area contributed by atoms with E-state index in [1.54, 1.807) is 28.8 Å². The first-order valence-corrected chi connectivity index (χ1v) is 16.8. The van der Waals surface area contributed by atoms with E-state index in [2.05, 4.69) is 10.6 Å². The number of likely N-dealkylation sites (tertiary alicyclic amines) is 1. The number of nitrogens with one attached hydrogen (secondary N) is 2. The Kier molecular flexibility index (Phi) is 9.30. The highest BCUT2D eigenvalue weighted by Gasteiger charge is 2.46. The van der Waals surface area contributed by atoms with E-state index in [-0.39, 0.29) is 34.5 Å². The van der Waals surface area contributed by atoms with E-state index in [9.17, 15) is 23.2 Å². The molecular weight excluding hydrogens is 612 g/mol. The van der Waals surface area contributed by atoms with Crippen LogP contribution >= 0.6 is 11.6 Å². The number of halogens is 3.